The van der Waals surface area contributed by atoms with Crippen LogP contribution in [-0.4, -0.2) is 17.8 Å². The molecule has 0 aliphatic heterocycles. The van der Waals surface area contributed by atoms with Gasteiger partial charge in [-0.1, -0.05) is 42.5 Å². The highest BCUT2D eigenvalue weighted by atomic mass is 16.3. The first-order chi connectivity index (χ1) is 13.7. The van der Waals surface area contributed by atoms with E-state index >= 15 is 0 Å². The van der Waals surface area contributed by atoms with E-state index in [1.807, 2.05) is 54.6 Å². The smallest absolute Gasteiger partial charge is 0.137 e. The van der Waals surface area contributed by atoms with Crippen molar-refractivity contribution in [2.75, 3.05) is 5.01 Å². The van der Waals surface area contributed by atoms with Crippen LogP contribution in [0.1, 0.15) is 11.1 Å². The van der Waals surface area contributed by atoms with Crippen LogP contribution in [0.15, 0.2) is 82.9 Å². The second-order valence-corrected chi connectivity index (χ2v) is 5.96. The molecule has 3 rings (SSSR count). The number of phenols is 1. The maximum Gasteiger partial charge on any atom is 0.137 e. The average Bonchev–Trinajstić information content (AvgIpc) is 2.75. The van der Waals surface area contributed by atoms with Crippen LogP contribution in [0.25, 0.3) is 11.1 Å². The topological polar surface area (TPSA) is 98.0 Å². The number of hydrazone groups is 1. The molecule has 0 aliphatic carbocycles. The van der Waals surface area contributed by atoms with Crippen molar-refractivity contribution in [1.29, 1.82) is 5.26 Å². The molecule has 0 amide bonds. The van der Waals surface area contributed by atoms with Crippen LogP contribution in [0, 0.1) is 11.3 Å². The Morgan fingerprint density at radius 1 is 1.04 bits per heavy atom. The average molecular weight is 369 g/mol. The minimum atomic E-state index is 0.205. The highest BCUT2D eigenvalue weighted by Gasteiger charge is 2.11. The Morgan fingerprint density at radius 2 is 1.79 bits per heavy atom. The van der Waals surface area contributed by atoms with Gasteiger partial charge in [-0.25, -0.2) is 4.99 Å². The molecule has 0 fully saturated rings. The van der Waals surface area contributed by atoms with E-state index in [0.717, 1.165) is 28.7 Å². The fourth-order valence-electron chi connectivity index (χ4n) is 2.75. The number of phenolic OH excluding ortho intramolecular Hbond substituents is 1. The van der Waals surface area contributed by atoms with Crippen molar-refractivity contribution in [2.24, 2.45) is 15.8 Å². The zero-order valence-electron chi connectivity index (χ0n) is 15.1. The van der Waals surface area contributed by atoms with Crippen LogP contribution < -0.4 is 10.7 Å². The number of hydrogen-bond acceptors (Lipinski definition) is 4. The van der Waals surface area contributed by atoms with Crippen LogP contribution in [0.4, 0.5) is 5.69 Å². The molecule has 0 bridgehead atoms. The second kappa shape index (κ2) is 9.01. The van der Waals surface area contributed by atoms with Crippen molar-refractivity contribution < 1.29 is 5.11 Å². The molecule has 0 saturated carbocycles. The van der Waals surface area contributed by atoms with E-state index in [1.54, 1.807) is 23.2 Å². The summed E-state index contributed by atoms with van der Waals surface area (Å²) in [4.78, 5) is 3.83. The summed E-state index contributed by atoms with van der Waals surface area (Å²) >= 11 is 0. The summed E-state index contributed by atoms with van der Waals surface area (Å²) in [6.07, 6.45) is 2.53. The number of aliphatic imine (C=N–C) groups is 1. The van der Waals surface area contributed by atoms with Gasteiger partial charge in [-0.05, 0) is 41.5 Å². The first-order valence-corrected chi connectivity index (χ1v) is 8.62. The van der Waals surface area contributed by atoms with Crippen LogP contribution in [0.5, 0.6) is 5.75 Å². The van der Waals surface area contributed by atoms with E-state index in [9.17, 15) is 10.4 Å². The van der Waals surface area contributed by atoms with Gasteiger partial charge in [0.05, 0.1) is 30.2 Å². The van der Waals surface area contributed by atoms with E-state index in [-0.39, 0.29) is 5.75 Å². The second-order valence-electron chi connectivity index (χ2n) is 5.96. The zero-order chi connectivity index (χ0) is 19.8. The molecule has 6 heteroatoms. The van der Waals surface area contributed by atoms with E-state index in [1.165, 1.54) is 6.34 Å². The van der Waals surface area contributed by atoms with Crippen molar-refractivity contribution in [1.82, 2.24) is 0 Å². The molecule has 3 aromatic carbocycles. The third-order valence-corrected chi connectivity index (χ3v) is 4.12. The van der Waals surface area contributed by atoms with Crippen molar-refractivity contribution in [3.8, 4) is 22.9 Å². The molecular formula is C22H19N5O. The summed E-state index contributed by atoms with van der Waals surface area (Å²) in [6.45, 7) is 0.455. The summed E-state index contributed by atoms with van der Waals surface area (Å²) in [6, 6.07) is 24.4. The van der Waals surface area contributed by atoms with E-state index < -0.39 is 0 Å². The lowest BCUT2D eigenvalue weighted by Gasteiger charge is -2.20. The van der Waals surface area contributed by atoms with Crippen molar-refractivity contribution in [3.05, 3.63) is 83.9 Å². The molecule has 0 heterocycles. The molecule has 6 nitrogen and oxygen atoms in total. The van der Waals surface area contributed by atoms with E-state index in [0.29, 0.717) is 12.1 Å². The van der Waals surface area contributed by atoms with Crippen LogP contribution >= 0.6 is 0 Å². The molecule has 0 unspecified atom stereocenters. The highest BCUT2D eigenvalue weighted by Crippen LogP contribution is 2.29. The Kier molecular flexibility index (Phi) is 6.01. The van der Waals surface area contributed by atoms with Crippen molar-refractivity contribution in [3.63, 3.8) is 0 Å². The van der Waals surface area contributed by atoms with Gasteiger partial charge in [-0.15, -0.1) is 0 Å². The summed E-state index contributed by atoms with van der Waals surface area (Å²) in [5, 5.41) is 25.1. The molecule has 0 aromatic heterocycles. The van der Waals surface area contributed by atoms with Crippen LogP contribution in [0.2, 0.25) is 0 Å². The van der Waals surface area contributed by atoms with Gasteiger partial charge < -0.3 is 10.8 Å². The third kappa shape index (κ3) is 4.54. The minimum absolute atomic E-state index is 0.205. The van der Waals surface area contributed by atoms with Gasteiger partial charge in [0.25, 0.3) is 0 Å². The Hall–Kier alpha value is -4.11. The number of benzene rings is 3. The van der Waals surface area contributed by atoms with Gasteiger partial charge >= 0.3 is 0 Å². The predicted octanol–water partition coefficient (Wildman–Crippen LogP) is 3.87. The minimum Gasteiger partial charge on any atom is -0.508 e. The lowest BCUT2D eigenvalue weighted by Crippen LogP contribution is -2.16. The Morgan fingerprint density at radius 3 is 2.46 bits per heavy atom. The zero-order valence-corrected chi connectivity index (χ0v) is 15.1. The molecule has 0 radical (unpaired) electrons. The highest BCUT2D eigenvalue weighted by molar-refractivity contribution is 5.75. The number of nitrogens with two attached hydrogens (primary N) is 1. The number of nitrogens with zero attached hydrogens (tertiary/aromatic N) is 4. The van der Waals surface area contributed by atoms with Gasteiger partial charge in [-0.2, -0.15) is 10.4 Å². The first-order valence-electron chi connectivity index (χ1n) is 8.62. The van der Waals surface area contributed by atoms with E-state index in [4.69, 9.17) is 5.73 Å². The molecule has 3 aromatic rings. The summed E-state index contributed by atoms with van der Waals surface area (Å²) in [7, 11) is 0. The Labute approximate surface area is 163 Å². The Balaban J connectivity index is 2.01. The van der Waals surface area contributed by atoms with Crippen LogP contribution in [-0.2, 0) is 6.54 Å². The lowest BCUT2D eigenvalue weighted by molar-refractivity contribution is 0.475. The van der Waals surface area contributed by atoms with Crippen molar-refractivity contribution >= 4 is 18.4 Å². The van der Waals surface area contributed by atoms with Crippen LogP contribution in [0.3, 0.4) is 0 Å². The first kappa shape index (κ1) is 18.7. The molecule has 28 heavy (non-hydrogen) atoms. The summed E-state index contributed by atoms with van der Waals surface area (Å²) < 4.78 is 0. The third-order valence-electron chi connectivity index (χ3n) is 4.12. The number of rotatable bonds is 6. The molecular weight excluding hydrogens is 350 g/mol. The monoisotopic (exact) mass is 369 g/mol. The van der Waals surface area contributed by atoms with Gasteiger partial charge in [-0.3, -0.25) is 5.01 Å². The standard InChI is InChI=1S/C22H19N5O/c23-13-19-8-9-20(12-22(19)18-4-2-1-3-5-18)27(26-16-25-15-24)14-17-6-10-21(28)11-7-17/h1-12,15-16,28H,14H2,(H2,24,25,26). The predicted molar refractivity (Wildman–Crippen MR) is 112 cm³/mol. The normalized spacial score (nSPS) is 11.0. The van der Waals surface area contributed by atoms with Gasteiger partial charge in [0.2, 0.25) is 0 Å². The number of aromatic hydroxyl groups is 1. The Bertz CT molecular complexity index is 1020. The van der Waals surface area contributed by atoms with Gasteiger partial charge in [0, 0.05) is 5.56 Å². The molecule has 0 saturated heterocycles. The van der Waals surface area contributed by atoms with Gasteiger partial charge in [0.1, 0.15) is 12.1 Å². The SMILES string of the molecule is N#Cc1ccc(N(Cc2ccc(O)cc2)/N=C/N=CN)cc1-c1ccccc1. The fourth-order valence-corrected chi connectivity index (χ4v) is 2.75. The molecule has 0 aliphatic rings. The quantitative estimate of drug-likeness (QED) is 0.391. The van der Waals surface area contributed by atoms with Gasteiger partial charge in [0.15, 0.2) is 0 Å². The maximum absolute atomic E-state index is 9.49. The molecule has 0 spiro atoms. The lowest BCUT2D eigenvalue weighted by atomic mass is 9.99. The fraction of sp³-hybridized carbons (Fsp3) is 0.0455. The maximum atomic E-state index is 9.49. The molecule has 138 valence electrons. The van der Waals surface area contributed by atoms with E-state index in [2.05, 4.69) is 16.2 Å². The molecule has 3 N–H and O–H groups in total. The summed E-state index contributed by atoms with van der Waals surface area (Å²) in [5.74, 6) is 0.205. The molecule has 0 atom stereocenters. The number of hydrogen-bond donors (Lipinski definition) is 2. The number of anilines is 1. The summed E-state index contributed by atoms with van der Waals surface area (Å²) in [5.41, 5.74) is 9.42. The van der Waals surface area contributed by atoms with Crippen molar-refractivity contribution in [2.45, 2.75) is 6.54 Å². The largest absolute Gasteiger partial charge is 0.508 e. The number of nitriles is 1.